The zero-order valence-corrected chi connectivity index (χ0v) is 25.5. The van der Waals surface area contributed by atoms with Crippen LogP contribution in [0.1, 0.15) is 15.9 Å². The maximum Gasteiger partial charge on any atom is 0.264 e. The SMILES string of the molecule is COc1ccc(S(=O)(=O)N(C)c2ccc(C(=O)Nc3ccc(S(=O)(=O)Nc4cc(Cl)ccc4C)cc3)cc2)cc1OC. The molecule has 0 saturated carbocycles. The number of nitrogens with zero attached hydrogens (tertiary/aromatic N) is 1. The van der Waals surface area contributed by atoms with Crippen molar-refractivity contribution in [3.05, 3.63) is 101 Å². The van der Waals surface area contributed by atoms with Crippen molar-refractivity contribution in [1.29, 1.82) is 0 Å². The quantitative estimate of drug-likeness (QED) is 0.235. The van der Waals surface area contributed by atoms with E-state index in [1.54, 1.807) is 19.1 Å². The molecule has 0 aliphatic rings. The summed E-state index contributed by atoms with van der Waals surface area (Å²) in [5.74, 6) is 0.211. The van der Waals surface area contributed by atoms with Gasteiger partial charge in [-0.2, -0.15) is 0 Å². The lowest BCUT2D eigenvalue weighted by molar-refractivity contribution is 0.102. The minimum absolute atomic E-state index is 0.00274. The van der Waals surface area contributed by atoms with E-state index < -0.39 is 26.0 Å². The van der Waals surface area contributed by atoms with E-state index in [-0.39, 0.29) is 21.1 Å². The van der Waals surface area contributed by atoms with Gasteiger partial charge in [0, 0.05) is 29.4 Å². The number of hydrogen-bond acceptors (Lipinski definition) is 7. The molecule has 0 aromatic heterocycles. The van der Waals surface area contributed by atoms with E-state index in [2.05, 4.69) is 10.0 Å². The van der Waals surface area contributed by atoms with Crippen LogP contribution < -0.4 is 23.8 Å². The zero-order valence-electron chi connectivity index (χ0n) is 23.1. The lowest BCUT2D eigenvalue weighted by atomic mass is 10.2. The van der Waals surface area contributed by atoms with Gasteiger partial charge in [0.1, 0.15) is 0 Å². The number of benzene rings is 4. The Morgan fingerprint density at radius 3 is 2.02 bits per heavy atom. The summed E-state index contributed by atoms with van der Waals surface area (Å²) in [5.41, 5.74) is 2.05. The van der Waals surface area contributed by atoms with Crippen molar-refractivity contribution in [1.82, 2.24) is 0 Å². The lowest BCUT2D eigenvalue weighted by Crippen LogP contribution is -2.26. The summed E-state index contributed by atoms with van der Waals surface area (Å²) < 4.78 is 66.0. The molecule has 0 saturated heterocycles. The van der Waals surface area contributed by atoms with Crippen molar-refractivity contribution >= 4 is 54.6 Å². The Bertz CT molecular complexity index is 1830. The maximum absolute atomic E-state index is 13.2. The number of methoxy groups -OCH3 is 2. The molecule has 10 nitrogen and oxygen atoms in total. The Labute approximate surface area is 250 Å². The summed E-state index contributed by atoms with van der Waals surface area (Å²) in [7, 11) is -3.55. The predicted molar refractivity (Wildman–Crippen MR) is 163 cm³/mol. The van der Waals surface area contributed by atoms with Gasteiger partial charge in [-0.15, -0.1) is 0 Å². The largest absolute Gasteiger partial charge is 0.493 e. The fraction of sp³-hybridized carbons (Fsp3) is 0.138. The molecule has 0 bridgehead atoms. The summed E-state index contributed by atoms with van der Waals surface area (Å²) >= 11 is 5.99. The molecule has 0 unspecified atom stereocenters. The molecule has 2 N–H and O–H groups in total. The topological polar surface area (TPSA) is 131 Å². The molecule has 4 aromatic rings. The molecular weight excluding hydrogens is 602 g/mol. The van der Waals surface area contributed by atoms with Gasteiger partial charge in [-0.3, -0.25) is 13.8 Å². The van der Waals surface area contributed by atoms with E-state index in [9.17, 15) is 21.6 Å². The number of carbonyl (C=O) groups excluding carboxylic acids is 1. The number of amides is 1. The zero-order chi connectivity index (χ0) is 30.7. The van der Waals surface area contributed by atoms with E-state index in [4.69, 9.17) is 21.1 Å². The van der Waals surface area contributed by atoms with Gasteiger partial charge in [0.15, 0.2) is 11.5 Å². The summed E-state index contributed by atoms with van der Waals surface area (Å²) in [5, 5.41) is 3.10. The smallest absolute Gasteiger partial charge is 0.264 e. The van der Waals surface area contributed by atoms with Crippen molar-refractivity contribution in [2.75, 3.05) is 35.6 Å². The number of aryl methyl sites for hydroxylation is 1. The summed E-state index contributed by atoms with van der Waals surface area (Å²) in [4.78, 5) is 12.8. The Kier molecular flexibility index (Phi) is 9.00. The number of halogens is 1. The average molecular weight is 630 g/mol. The summed E-state index contributed by atoms with van der Waals surface area (Å²) in [6, 6.07) is 20.9. The van der Waals surface area contributed by atoms with Crippen molar-refractivity contribution in [3.8, 4) is 11.5 Å². The number of nitrogens with one attached hydrogen (secondary N) is 2. The van der Waals surface area contributed by atoms with Gasteiger partial charge in [0.2, 0.25) is 0 Å². The molecule has 0 atom stereocenters. The first-order chi connectivity index (χ1) is 19.8. The molecule has 42 heavy (non-hydrogen) atoms. The number of hydrogen-bond donors (Lipinski definition) is 2. The van der Waals surface area contributed by atoms with Gasteiger partial charge in [-0.1, -0.05) is 17.7 Å². The Morgan fingerprint density at radius 2 is 1.40 bits per heavy atom. The molecule has 4 aromatic carbocycles. The monoisotopic (exact) mass is 629 g/mol. The molecule has 0 fully saturated rings. The fourth-order valence-corrected chi connectivity index (χ4v) is 6.43. The van der Waals surface area contributed by atoms with Crippen LogP contribution in [0.2, 0.25) is 5.02 Å². The minimum atomic E-state index is -3.94. The van der Waals surface area contributed by atoms with Gasteiger partial charge < -0.3 is 14.8 Å². The molecule has 1 amide bonds. The normalized spacial score (nSPS) is 11.5. The Morgan fingerprint density at radius 1 is 0.786 bits per heavy atom. The Balaban J connectivity index is 1.44. The summed E-state index contributed by atoms with van der Waals surface area (Å²) in [6.07, 6.45) is 0. The van der Waals surface area contributed by atoms with E-state index in [0.717, 1.165) is 4.31 Å². The highest BCUT2D eigenvalue weighted by Crippen LogP contribution is 2.32. The second-order valence-electron chi connectivity index (χ2n) is 9.08. The number of carbonyl (C=O) groups is 1. The van der Waals surface area contributed by atoms with Crippen LogP contribution >= 0.6 is 11.6 Å². The van der Waals surface area contributed by atoms with Crippen molar-refractivity contribution in [3.63, 3.8) is 0 Å². The first-order valence-corrected chi connectivity index (χ1v) is 15.7. The van der Waals surface area contributed by atoms with Crippen molar-refractivity contribution in [2.24, 2.45) is 0 Å². The van der Waals surface area contributed by atoms with Gasteiger partial charge in [0.05, 0.1) is 35.4 Å². The number of ether oxygens (including phenoxy) is 2. The van der Waals surface area contributed by atoms with Crippen LogP contribution in [0.15, 0.2) is 94.7 Å². The predicted octanol–water partition coefficient (Wildman–Crippen LogP) is 5.54. The molecule has 220 valence electrons. The lowest BCUT2D eigenvalue weighted by Gasteiger charge is -2.20. The van der Waals surface area contributed by atoms with E-state index in [0.29, 0.717) is 33.4 Å². The number of sulfonamides is 2. The molecule has 0 aliphatic carbocycles. The molecule has 0 aliphatic heterocycles. The van der Waals surface area contributed by atoms with Crippen molar-refractivity contribution in [2.45, 2.75) is 16.7 Å². The second-order valence-corrected chi connectivity index (χ2v) is 13.2. The van der Waals surface area contributed by atoms with Crippen LogP contribution in [0.4, 0.5) is 17.1 Å². The van der Waals surface area contributed by atoms with Crippen molar-refractivity contribution < 1.29 is 31.1 Å². The van der Waals surface area contributed by atoms with Gasteiger partial charge in [-0.05, 0) is 85.3 Å². The van der Waals surface area contributed by atoms with Gasteiger partial charge in [0.25, 0.3) is 26.0 Å². The van der Waals surface area contributed by atoms with Crippen LogP contribution in [0.5, 0.6) is 11.5 Å². The van der Waals surface area contributed by atoms with Crippen LogP contribution in [0, 0.1) is 6.92 Å². The highest BCUT2D eigenvalue weighted by atomic mass is 35.5. The highest BCUT2D eigenvalue weighted by molar-refractivity contribution is 7.93. The van der Waals surface area contributed by atoms with E-state index >= 15 is 0 Å². The third kappa shape index (κ3) is 6.62. The maximum atomic E-state index is 13.2. The van der Waals surface area contributed by atoms with E-state index in [1.165, 1.54) is 94.1 Å². The minimum Gasteiger partial charge on any atom is -0.493 e. The highest BCUT2D eigenvalue weighted by Gasteiger charge is 2.23. The van der Waals surface area contributed by atoms with Crippen LogP contribution in [0.25, 0.3) is 0 Å². The Hall–Kier alpha value is -4.26. The molecule has 13 heteroatoms. The molecular formula is C29H28ClN3O7S2. The molecule has 0 spiro atoms. The second kappa shape index (κ2) is 12.3. The first kappa shape index (κ1) is 30.7. The molecule has 4 rings (SSSR count). The average Bonchev–Trinajstić information content (AvgIpc) is 2.98. The van der Waals surface area contributed by atoms with Crippen LogP contribution in [-0.2, 0) is 20.0 Å². The molecule has 0 heterocycles. The van der Waals surface area contributed by atoms with Crippen LogP contribution in [0.3, 0.4) is 0 Å². The summed E-state index contributed by atoms with van der Waals surface area (Å²) in [6.45, 7) is 1.76. The standard InChI is InChI=1S/C29H28ClN3O7S2/c1-19-5-8-21(30)17-26(19)32-41(35,36)24-13-9-22(10-14-24)31-29(34)20-6-11-23(12-7-20)33(2)42(37,38)25-15-16-27(39-3)28(18-25)40-4/h5-18,32H,1-4H3,(H,31,34). The van der Waals surface area contributed by atoms with Gasteiger partial charge >= 0.3 is 0 Å². The van der Waals surface area contributed by atoms with Crippen LogP contribution in [-0.4, -0.2) is 44.0 Å². The third-order valence-electron chi connectivity index (χ3n) is 6.37. The molecule has 0 radical (unpaired) electrons. The van der Waals surface area contributed by atoms with Gasteiger partial charge in [-0.25, -0.2) is 16.8 Å². The third-order valence-corrected chi connectivity index (χ3v) is 9.77. The van der Waals surface area contributed by atoms with E-state index in [1.807, 2.05) is 0 Å². The fourth-order valence-electron chi connectivity index (χ4n) is 3.93. The first-order valence-electron chi connectivity index (χ1n) is 12.4. The number of rotatable bonds is 10. The number of anilines is 3.